The van der Waals surface area contributed by atoms with Gasteiger partial charge < -0.3 is 45.2 Å². The van der Waals surface area contributed by atoms with Gasteiger partial charge in [0, 0.05) is 0 Å². The van der Waals surface area contributed by atoms with Crippen LogP contribution in [-0.2, 0) is 9.47 Å². The summed E-state index contributed by atoms with van der Waals surface area (Å²) in [5.41, 5.74) is 0.617. The monoisotopic (exact) mass is 427 g/mol. The highest BCUT2D eigenvalue weighted by Crippen LogP contribution is 2.28. The van der Waals surface area contributed by atoms with Crippen LogP contribution in [0.4, 0.5) is 0 Å². The summed E-state index contributed by atoms with van der Waals surface area (Å²) in [4.78, 5) is 1.24. The molecule has 8 atom stereocenters. The van der Waals surface area contributed by atoms with Gasteiger partial charge in [-0.2, -0.15) is 15.0 Å². The molecule has 0 aliphatic carbocycles. The molecule has 1 aromatic carbocycles. The van der Waals surface area contributed by atoms with Crippen molar-refractivity contribution in [3.8, 4) is 5.69 Å². The molecule has 1 aliphatic rings. The van der Waals surface area contributed by atoms with E-state index < -0.39 is 62.2 Å². The number of aliphatic hydroxyl groups is 7. The van der Waals surface area contributed by atoms with Crippen LogP contribution in [0.15, 0.2) is 36.5 Å². The summed E-state index contributed by atoms with van der Waals surface area (Å²) < 4.78 is 10.7. The van der Waals surface area contributed by atoms with Crippen molar-refractivity contribution in [3.63, 3.8) is 0 Å². The molecule has 166 valence electrons. The van der Waals surface area contributed by atoms with E-state index in [9.17, 15) is 35.7 Å². The normalized spacial score (nSPS) is 30.0. The average molecular weight is 427 g/mol. The molecule has 30 heavy (non-hydrogen) atoms. The third kappa shape index (κ3) is 4.67. The summed E-state index contributed by atoms with van der Waals surface area (Å²) in [5, 5.41) is 77.5. The minimum atomic E-state index is -1.75. The number of benzene rings is 1. The average Bonchev–Trinajstić information content (AvgIpc) is 3.27. The molecule has 2 aromatic rings. The van der Waals surface area contributed by atoms with Crippen LogP contribution in [-0.4, -0.2) is 107 Å². The topological polar surface area (TPSA) is 191 Å². The van der Waals surface area contributed by atoms with Crippen molar-refractivity contribution in [2.24, 2.45) is 0 Å². The van der Waals surface area contributed by atoms with E-state index in [4.69, 9.17) is 9.47 Å². The van der Waals surface area contributed by atoms with E-state index in [-0.39, 0.29) is 5.69 Å². The summed E-state index contributed by atoms with van der Waals surface area (Å²) in [7, 11) is 0. The lowest BCUT2D eigenvalue weighted by atomic mass is 9.99. The van der Waals surface area contributed by atoms with E-state index in [1.54, 1.807) is 24.3 Å². The number of nitrogens with zero attached hydrogens (tertiary/aromatic N) is 3. The molecular weight excluding hydrogens is 402 g/mol. The van der Waals surface area contributed by atoms with Crippen molar-refractivity contribution in [2.75, 3.05) is 13.2 Å². The molecule has 3 rings (SSSR count). The zero-order chi connectivity index (χ0) is 21.8. The summed E-state index contributed by atoms with van der Waals surface area (Å²) in [5.74, 6) is 0. The molecule has 7 N–H and O–H groups in total. The summed E-state index contributed by atoms with van der Waals surface area (Å²) in [6.45, 7) is -1.47. The molecule has 0 spiro atoms. The van der Waals surface area contributed by atoms with Gasteiger partial charge in [-0.3, -0.25) is 0 Å². The molecule has 12 heteroatoms. The van der Waals surface area contributed by atoms with Crippen molar-refractivity contribution < 1.29 is 45.2 Å². The van der Waals surface area contributed by atoms with Crippen LogP contribution in [0.1, 0.15) is 11.8 Å². The van der Waals surface area contributed by atoms with E-state index in [2.05, 4.69) is 10.2 Å². The van der Waals surface area contributed by atoms with Crippen LogP contribution in [0.5, 0.6) is 0 Å². The third-order valence-electron chi connectivity index (χ3n) is 4.82. The van der Waals surface area contributed by atoms with Gasteiger partial charge in [-0.1, -0.05) is 18.2 Å². The van der Waals surface area contributed by atoms with Gasteiger partial charge >= 0.3 is 0 Å². The predicted octanol–water partition coefficient (Wildman–Crippen LogP) is -3.16. The summed E-state index contributed by atoms with van der Waals surface area (Å²) in [6.07, 6.45) is -11.4. The first-order valence-electron chi connectivity index (χ1n) is 9.28. The van der Waals surface area contributed by atoms with E-state index in [1.807, 2.05) is 6.07 Å². The van der Waals surface area contributed by atoms with Crippen molar-refractivity contribution in [2.45, 2.75) is 49.0 Å². The molecule has 12 nitrogen and oxygen atoms in total. The Balaban J connectivity index is 1.80. The minimum Gasteiger partial charge on any atom is -0.394 e. The highest BCUT2D eigenvalue weighted by molar-refractivity contribution is 5.28. The fourth-order valence-electron chi connectivity index (χ4n) is 3.08. The van der Waals surface area contributed by atoms with Gasteiger partial charge in [-0.05, 0) is 12.1 Å². The van der Waals surface area contributed by atoms with Crippen LogP contribution in [0.2, 0.25) is 0 Å². The smallest absolute Gasteiger partial charge is 0.187 e. The Bertz CT molecular complexity index is 790. The summed E-state index contributed by atoms with van der Waals surface area (Å²) >= 11 is 0. The van der Waals surface area contributed by atoms with Gasteiger partial charge in [-0.15, -0.1) is 0 Å². The maximum absolute atomic E-state index is 10.7. The SMILES string of the molecule is OC[C@@H](O)[C@@H](O[C@H]1O[C@@H](CO)[C@@H](O)[C@@H](O)[C@H]1O)[C@H](O)c1cnn(-c2ccccc2)n1. The molecule has 0 bridgehead atoms. The van der Waals surface area contributed by atoms with Gasteiger partial charge in [0.2, 0.25) is 0 Å². The number of para-hydroxylation sites is 1. The van der Waals surface area contributed by atoms with Crippen molar-refractivity contribution in [1.82, 2.24) is 15.0 Å². The van der Waals surface area contributed by atoms with Crippen LogP contribution >= 0.6 is 0 Å². The second-order valence-corrected chi connectivity index (χ2v) is 6.89. The number of aromatic nitrogens is 3. The fourth-order valence-corrected chi connectivity index (χ4v) is 3.08. The van der Waals surface area contributed by atoms with E-state index >= 15 is 0 Å². The Labute approximate surface area is 171 Å². The lowest BCUT2D eigenvalue weighted by Crippen LogP contribution is -2.60. The maximum Gasteiger partial charge on any atom is 0.187 e. The molecule has 0 unspecified atom stereocenters. The lowest BCUT2D eigenvalue weighted by molar-refractivity contribution is -0.325. The minimum absolute atomic E-state index is 0.000874. The fraction of sp³-hybridized carbons (Fsp3) is 0.556. The number of hydrogen-bond acceptors (Lipinski definition) is 11. The number of ether oxygens (including phenoxy) is 2. The number of rotatable bonds is 8. The molecule has 0 saturated carbocycles. The Morgan fingerprint density at radius 1 is 1.03 bits per heavy atom. The summed E-state index contributed by atoms with van der Waals surface area (Å²) in [6, 6.07) is 8.83. The second-order valence-electron chi connectivity index (χ2n) is 6.89. The first kappa shape index (κ1) is 22.7. The molecular formula is C18H25N3O9. The van der Waals surface area contributed by atoms with E-state index in [0.717, 1.165) is 0 Å². The Morgan fingerprint density at radius 3 is 2.37 bits per heavy atom. The number of aliphatic hydroxyl groups excluding tert-OH is 7. The second kappa shape index (κ2) is 9.87. The van der Waals surface area contributed by atoms with Crippen molar-refractivity contribution in [1.29, 1.82) is 0 Å². The van der Waals surface area contributed by atoms with Crippen LogP contribution in [0, 0.1) is 0 Å². The third-order valence-corrected chi connectivity index (χ3v) is 4.82. The van der Waals surface area contributed by atoms with E-state index in [0.29, 0.717) is 5.69 Å². The maximum atomic E-state index is 10.7. The first-order valence-corrected chi connectivity index (χ1v) is 9.28. The Kier molecular flexibility index (Phi) is 7.46. The zero-order valence-electron chi connectivity index (χ0n) is 15.8. The highest BCUT2D eigenvalue weighted by Gasteiger charge is 2.46. The Hall–Kier alpha value is -2.00. The van der Waals surface area contributed by atoms with Crippen LogP contribution in [0.3, 0.4) is 0 Å². The van der Waals surface area contributed by atoms with Gasteiger partial charge in [-0.25, -0.2) is 0 Å². The lowest BCUT2D eigenvalue weighted by Gasteiger charge is -2.41. The molecule has 1 fully saturated rings. The molecule has 1 aliphatic heterocycles. The highest BCUT2D eigenvalue weighted by atomic mass is 16.7. The largest absolute Gasteiger partial charge is 0.394 e. The quantitative estimate of drug-likeness (QED) is 0.225. The van der Waals surface area contributed by atoms with Crippen LogP contribution < -0.4 is 0 Å². The van der Waals surface area contributed by atoms with Gasteiger partial charge in [0.1, 0.15) is 48.4 Å². The van der Waals surface area contributed by atoms with Crippen LogP contribution in [0.25, 0.3) is 5.69 Å². The van der Waals surface area contributed by atoms with Gasteiger partial charge in [0.15, 0.2) is 6.29 Å². The van der Waals surface area contributed by atoms with E-state index in [1.165, 1.54) is 11.0 Å². The first-order chi connectivity index (χ1) is 14.4. The van der Waals surface area contributed by atoms with Gasteiger partial charge in [0.05, 0.1) is 25.1 Å². The Morgan fingerprint density at radius 2 is 1.73 bits per heavy atom. The molecule has 0 amide bonds. The number of hydrogen-bond donors (Lipinski definition) is 7. The molecule has 1 aromatic heterocycles. The molecule has 0 radical (unpaired) electrons. The van der Waals surface area contributed by atoms with Gasteiger partial charge in [0.25, 0.3) is 0 Å². The predicted molar refractivity (Wildman–Crippen MR) is 98.1 cm³/mol. The van der Waals surface area contributed by atoms with Crippen molar-refractivity contribution >= 4 is 0 Å². The molecule has 1 saturated heterocycles. The molecule has 2 heterocycles. The van der Waals surface area contributed by atoms with Crippen molar-refractivity contribution in [3.05, 3.63) is 42.2 Å². The zero-order valence-corrected chi connectivity index (χ0v) is 15.8. The standard InChI is InChI=1S/C18H25N3O9/c22-7-11(24)17(30-18-16(28)15(27)14(26)12(8-23)29-18)13(25)10-6-19-21(20-10)9-4-2-1-3-5-9/h1-6,11-18,22-28H,7-8H2/t11-,12+,13-,14-,15-,16-,17-,18-/m1/s1.